The molecule has 1 aromatic heterocycles. The Bertz CT molecular complexity index is 537. The highest BCUT2D eigenvalue weighted by Gasteiger charge is 2.15. The van der Waals surface area contributed by atoms with Crippen molar-refractivity contribution in [2.24, 2.45) is 0 Å². The fraction of sp³-hybridized carbons (Fsp3) is 0.412. The van der Waals surface area contributed by atoms with Crippen LogP contribution in [0.25, 0.3) is 0 Å². The van der Waals surface area contributed by atoms with Crippen molar-refractivity contribution in [3.05, 3.63) is 51.7 Å². The molecule has 0 radical (unpaired) electrons. The van der Waals surface area contributed by atoms with E-state index in [0.29, 0.717) is 0 Å². The molecule has 0 amide bonds. The lowest BCUT2D eigenvalue weighted by molar-refractivity contribution is 0.414. The van der Waals surface area contributed by atoms with Gasteiger partial charge in [-0.25, -0.2) is 0 Å². The quantitative estimate of drug-likeness (QED) is 0.884. The predicted molar refractivity (Wildman–Crippen MR) is 86.6 cm³/mol. The number of rotatable bonds is 5. The average molecular weight is 289 g/mol. The lowest BCUT2D eigenvalue weighted by atomic mass is 9.95. The third-order valence-corrected chi connectivity index (χ3v) is 4.70. The molecule has 0 saturated carbocycles. The van der Waals surface area contributed by atoms with Crippen LogP contribution in [0.3, 0.4) is 0 Å². The molecule has 0 fully saturated rings. The van der Waals surface area contributed by atoms with Crippen LogP contribution in [0.2, 0.25) is 0 Å². The normalized spacial score (nSPS) is 11.6. The van der Waals surface area contributed by atoms with E-state index in [1.165, 1.54) is 15.3 Å². The molecule has 0 aliphatic rings. The number of hydrogen-bond donors (Lipinski definition) is 1. The van der Waals surface area contributed by atoms with Gasteiger partial charge in [-0.05, 0) is 35.2 Å². The van der Waals surface area contributed by atoms with Crippen molar-refractivity contribution in [2.45, 2.75) is 39.3 Å². The van der Waals surface area contributed by atoms with E-state index in [9.17, 15) is 0 Å². The summed E-state index contributed by atoms with van der Waals surface area (Å²) >= 11 is 1.90. The highest BCUT2D eigenvalue weighted by Crippen LogP contribution is 2.29. The maximum absolute atomic E-state index is 5.16. The molecule has 0 unspecified atom stereocenters. The van der Waals surface area contributed by atoms with E-state index >= 15 is 0 Å². The van der Waals surface area contributed by atoms with E-state index in [1.807, 2.05) is 23.5 Å². The standard InChI is InChI=1S/C17H23NOS/c1-17(2,3)16-10-9-15(20-16)12-18-11-13-5-7-14(19-4)8-6-13/h5-10,18H,11-12H2,1-4H3. The lowest BCUT2D eigenvalue weighted by Gasteiger charge is -2.15. The number of nitrogens with one attached hydrogen (secondary N) is 1. The fourth-order valence-corrected chi connectivity index (χ4v) is 2.98. The van der Waals surface area contributed by atoms with Crippen molar-refractivity contribution in [1.82, 2.24) is 5.32 Å². The molecule has 20 heavy (non-hydrogen) atoms. The van der Waals surface area contributed by atoms with E-state index in [-0.39, 0.29) is 5.41 Å². The van der Waals surface area contributed by atoms with E-state index in [0.717, 1.165) is 18.8 Å². The maximum atomic E-state index is 5.16. The van der Waals surface area contributed by atoms with Crippen molar-refractivity contribution in [1.29, 1.82) is 0 Å². The summed E-state index contributed by atoms with van der Waals surface area (Å²) in [5, 5.41) is 3.49. The monoisotopic (exact) mass is 289 g/mol. The van der Waals surface area contributed by atoms with Crippen LogP contribution >= 0.6 is 11.3 Å². The summed E-state index contributed by atoms with van der Waals surface area (Å²) < 4.78 is 5.16. The number of methoxy groups -OCH3 is 1. The molecule has 0 aliphatic carbocycles. The van der Waals surface area contributed by atoms with E-state index in [1.54, 1.807) is 7.11 Å². The number of benzene rings is 1. The maximum Gasteiger partial charge on any atom is 0.118 e. The third kappa shape index (κ3) is 4.09. The molecular formula is C17H23NOS. The van der Waals surface area contributed by atoms with Gasteiger partial charge in [-0.3, -0.25) is 0 Å². The largest absolute Gasteiger partial charge is 0.497 e. The van der Waals surface area contributed by atoms with Gasteiger partial charge in [-0.1, -0.05) is 32.9 Å². The minimum absolute atomic E-state index is 0.249. The van der Waals surface area contributed by atoms with Crippen LogP contribution in [-0.4, -0.2) is 7.11 Å². The molecule has 1 aromatic carbocycles. The first-order valence-electron chi connectivity index (χ1n) is 6.92. The zero-order valence-electron chi connectivity index (χ0n) is 12.7. The third-order valence-electron chi connectivity index (χ3n) is 3.19. The van der Waals surface area contributed by atoms with Gasteiger partial charge in [0.05, 0.1) is 7.11 Å². The van der Waals surface area contributed by atoms with E-state index in [2.05, 4.69) is 50.4 Å². The first-order chi connectivity index (χ1) is 9.49. The molecule has 0 saturated heterocycles. The summed E-state index contributed by atoms with van der Waals surface area (Å²) in [5.74, 6) is 0.904. The van der Waals surface area contributed by atoms with Crippen LogP contribution in [0.4, 0.5) is 0 Å². The average Bonchev–Trinajstić information content (AvgIpc) is 2.88. The topological polar surface area (TPSA) is 21.3 Å². The molecule has 0 atom stereocenters. The van der Waals surface area contributed by atoms with Gasteiger partial charge in [0.25, 0.3) is 0 Å². The second kappa shape index (κ2) is 6.42. The van der Waals surface area contributed by atoms with Crippen LogP contribution < -0.4 is 10.1 Å². The molecule has 2 rings (SSSR count). The van der Waals surface area contributed by atoms with Crippen molar-refractivity contribution in [3.63, 3.8) is 0 Å². The van der Waals surface area contributed by atoms with Crippen molar-refractivity contribution in [3.8, 4) is 5.75 Å². The molecule has 1 N–H and O–H groups in total. The molecule has 108 valence electrons. The molecule has 0 spiro atoms. The SMILES string of the molecule is COc1ccc(CNCc2ccc(C(C)(C)C)s2)cc1. The van der Waals surface area contributed by atoms with Gasteiger partial charge in [0, 0.05) is 22.8 Å². The zero-order chi connectivity index (χ0) is 14.6. The van der Waals surface area contributed by atoms with Crippen molar-refractivity contribution >= 4 is 11.3 Å². The number of hydrogen-bond acceptors (Lipinski definition) is 3. The summed E-state index contributed by atoms with van der Waals surface area (Å²) in [6, 6.07) is 12.7. The van der Waals surface area contributed by atoms with Crippen molar-refractivity contribution in [2.75, 3.05) is 7.11 Å². The molecule has 2 aromatic rings. The minimum Gasteiger partial charge on any atom is -0.497 e. The zero-order valence-corrected chi connectivity index (χ0v) is 13.5. The Morgan fingerprint density at radius 2 is 1.70 bits per heavy atom. The summed E-state index contributed by atoms with van der Waals surface area (Å²) in [5.41, 5.74) is 1.53. The Balaban J connectivity index is 1.84. The molecule has 1 heterocycles. The number of ether oxygens (including phenoxy) is 1. The van der Waals surface area contributed by atoms with Gasteiger partial charge >= 0.3 is 0 Å². The Morgan fingerprint density at radius 1 is 1.00 bits per heavy atom. The molecule has 0 aliphatic heterocycles. The van der Waals surface area contributed by atoms with Gasteiger partial charge in [0.15, 0.2) is 0 Å². The van der Waals surface area contributed by atoms with Gasteiger partial charge in [0.1, 0.15) is 5.75 Å². The highest BCUT2D eigenvalue weighted by atomic mass is 32.1. The summed E-state index contributed by atoms with van der Waals surface area (Å²) in [6.07, 6.45) is 0. The second-order valence-electron chi connectivity index (χ2n) is 5.97. The van der Waals surface area contributed by atoms with E-state index in [4.69, 9.17) is 4.74 Å². The van der Waals surface area contributed by atoms with Gasteiger partial charge in [-0.2, -0.15) is 0 Å². The summed E-state index contributed by atoms with van der Waals surface area (Å²) in [6.45, 7) is 8.58. The van der Waals surface area contributed by atoms with Crippen LogP contribution in [0.5, 0.6) is 5.75 Å². The number of thiophene rings is 1. The van der Waals surface area contributed by atoms with Crippen molar-refractivity contribution < 1.29 is 4.74 Å². The Kier molecular flexibility index (Phi) is 4.84. The second-order valence-corrected chi connectivity index (χ2v) is 7.14. The summed E-state index contributed by atoms with van der Waals surface area (Å²) in [4.78, 5) is 2.84. The highest BCUT2D eigenvalue weighted by molar-refractivity contribution is 7.12. The Morgan fingerprint density at radius 3 is 2.25 bits per heavy atom. The van der Waals surface area contributed by atoms with Crippen LogP contribution in [0.15, 0.2) is 36.4 Å². The van der Waals surface area contributed by atoms with E-state index < -0.39 is 0 Å². The molecule has 2 nitrogen and oxygen atoms in total. The van der Waals surface area contributed by atoms with Crippen LogP contribution in [0.1, 0.15) is 36.1 Å². The molecular weight excluding hydrogens is 266 g/mol. The fourth-order valence-electron chi connectivity index (χ4n) is 1.95. The van der Waals surface area contributed by atoms with Crippen LogP contribution in [-0.2, 0) is 18.5 Å². The summed E-state index contributed by atoms with van der Waals surface area (Å²) in [7, 11) is 1.69. The predicted octanol–water partition coefficient (Wildman–Crippen LogP) is 4.34. The van der Waals surface area contributed by atoms with Gasteiger partial charge < -0.3 is 10.1 Å². The van der Waals surface area contributed by atoms with Gasteiger partial charge in [-0.15, -0.1) is 11.3 Å². The lowest BCUT2D eigenvalue weighted by Crippen LogP contribution is -2.11. The Labute approximate surface area is 125 Å². The van der Waals surface area contributed by atoms with Crippen LogP contribution in [0, 0.1) is 0 Å². The first kappa shape index (κ1) is 15.1. The minimum atomic E-state index is 0.249. The molecule has 3 heteroatoms. The first-order valence-corrected chi connectivity index (χ1v) is 7.73. The Hall–Kier alpha value is -1.32. The smallest absolute Gasteiger partial charge is 0.118 e. The molecule has 0 bridgehead atoms. The van der Waals surface area contributed by atoms with Gasteiger partial charge in [0.2, 0.25) is 0 Å².